The van der Waals surface area contributed by atoms with Crippen molar-refractivity contribution < 1.29 is 43.8 Å². The molecule has 190 valence electrons. The first-order valence-electron chi connectivity index (χ1n) is 10.5. The van der Waals surface area contributed by atoms with E-state index in [1.807, 2.05) is 0 Å². The zero-order valence-electron chi connectivity index (χ0n) is 18.4. The number of carboxylic acid groups (broad SMARTS) is 2. The molecule has 5 amide bonds. The molecule has 0 aromatic heterocycles. The molecule has 1 heterocycles. The van der Waals surface area contributed by atoms with Gasteiger partial charge in [-0.05, 0) is 25.7 Å². The maximum atomic E-state index is 12.8. The Kier molecular flexibility index (Phi) is 10.9. The molecule has 15 heteroatoms. The van der Waals surface area contributed by atoms with E-state index in [1.165, 1.54) is 4.90 Å². The van der Waals surface area contributed by atoms with Gasteiger partial charge >= 0.3 is 11.9 Å². The average Bonchev–Trinajstić information content (AvgIpc) is 3.22. The Morgan fingerprint density at radius 3 is 2.09 bits per heavy atom. The number of nitrogens with one attached hydrogen (secondary N) is 2. The summed E-state index contributed by atoms with van der Waals surface area (Å²) in [6, 6.07) is -5.23. The van der Waals surface area contributed by atoms with Gasteiger partial charge in [-0.25, -0.2) is 4.79 Å². The molecule has 34 heavy (non-hydrogen) atoms. The monoisotopic (exact) mass is 486 g/mol. The van der Waals surface area contributed by atoms with Crippen LogP contribution >= 0.6 is 0 Å². The molecule has 0 aromatic rings. The molecule has 0 aromatic carbocycles. The van der Waals surface area contributed by atoms with Crippen molar-refractivity contribution in [3.8, 4) is 0 Å². The third kappa shape index (κ3) is 9.01. The second-order valence-corrected chi connectivity index (χ2v) is 7.86. The van der Waals surface area contributed by atoms with Gasteiger partial charge in [0.1, 0.15) is 18.1 Å². The Labute approximate surface area is 194 Å². The number of nitrogens with two attached hydrogens (primary N) is 3. The van der Waals surface area contributed by atoms with Crippen molar-refractivity contribution in [2.75, 3.05) is 6.54 Å². The van der Waals surface area contributed by atoms with Crippen LogP contribution in [0.3, 0.4) is 0 Å². The van der Waals surface area contributed by atoms with Crippen LogP contribution in [0.1, 0.15) is 44.9 Å². The van der Waals surface area contributed by atoms with Crippen LogP contribution in [0.5, 0.6) is 0 Å². The van der Waals surface area contributed by atoms with Crippen LogP contribution < -0.4 is 27.8 Å². The van der Waals surface area contributed by atoms with Gasteiger partial charge < -0.3 is 42.9 Å². The summed E-state index contributed by atoms with van der Waals surface area (Å²) in [4.78, 5) is 83.6. The van der Waals surface area contributed by atoms with Gasteiger partial charge in [-0.2, -0.15) is 0 Å². The molecule has 0 saturated carbocycles. The summed E-state index contributed by atoms with van der Waals surface area (Å²) in [7, 11) is 0. The zero-order valence-corrected chi connectivity index (χ0v) is 18.4. The summed E-state index contributed by atoms with van der Waals surface area (Å²) >= 11 is 0. The summed E-state index contributed by atoms with van der Waals surface area (Å²) in [5.74, 6) is -6.81. The first-order chi connectivity index (χ1) is 15.8. The number of hydrogen-bond acceptors (Lipinski definition) is 8. The van der Waals surface area contributed by atoms with Gasteiger partial charge in [-0.1, -0.05) is 0 Å². The molecule has 0 aliphatic carbocycles. The number of aliphatic carboxylic acids is 2. The van der Waals surface area contributed by atoms with Crippen molar-refractivity contribution in [3.05, 3.63) is 0 Å². The van der Waals surface area contributed by atoms with Gasteiger partial charge in [-0.15, -0.1) is 0 Å². The number of carbonyl (C=O) groups is 7. The van der Waals surface area contributed by atoms with E-state index in [2.05, 4.69) is 10.6 Å². The molecule has 1 aliphatic heterocycles. The SMILES string of the molecule is NC(=O)CCC(N)C(=O)N1CCCC1C(=O)NC(CC(N)=O)C(=O)NC(CCC(=O)O)C(=O)O. The minimum Gasteiger partial charge on any atom is -0.481 e. The highest BCUT2D eigenvalue weighted by atomic mass is 16.4. The predicted molar refractivity (Wildman–Crippen MR) is 113 cm³/mol. The Hall–Kier alpha value is -3.75. The molecule has 4 atom stereocenters. The van der Waals surface area contributed by atoms with E-state index in [1.54, 1.807) is 0 Å². The largest absolute Gasteiger partial charge is 0.481 e. The molecule has 15 nitrogen and oxygen atoms in total. The molecule has 0 radical (unpaired) electrons. The fourth-order valence-electron chi connectivity index (χ4n) is 3.41. The van der Waals surface area contributed by atoms with E-state index in [9.17, 15) is 38.7 Å². The maximum absolute atomic E-state index is 12.8. The standard InChI is InChI=1S/C19H30N6O9/c20-9(3-5-13(21)26)18(32)25-7-1-2-12(25)17(31)24-11(8-14(22)27)16(30)23-10(19(33)34)4-6-15(28)29/h9-12H,1-8,20H2,(H2,21,26)(H2,22,27)(H,23,30)(H,24,31)(H,28,29)(H,33,34). The average molecular weight is 486 g/mol. The fraction of sp³-hybridized carbons (Fsp3) is 0.632. The van der Waals surface area contributed by atoms with Crippen molar-refractivity contribution in [2.24, 2.45) is 17.2 Å². The van der Waals surface area contributed by atoms with Crippen LogP contribution in [-0.2, 0) is 33.6 Å². The van der Waals surface area contributed by atoms with Crippen molar-refractivity contribution >= 4 is 41.5 Å². The Bertz CT molecular complexity index is 833. The quantitative estimate of drug-likeness (QED) is 0.126. The Morgan fingerprint density at radius 1 is 0.912 bits per heavy atom. The molecular formula is C19H30N6O9. The summed E-state index contributed by atoms with van der Waals surface area (Å²) < 4.78 is 0. The molecule has 1 saturated heterocycles. The van der Waals surface area contributed by atoms with Gasteiger partial charge in [0, 0.05) is 19.4 Å². The molecule has 0 spiro atoms. The van der Waals surface area contributed by atoms with Gasteiger partial charge in [0.15, 0.2) is 0 Å². The number of nitrogens with zero attached hydrogens (tertiary/aromatic N) is 1. The van der Waals surface area contributed by atoms with Crippen molar-refractivity contribution in [3.63, 3.8) is 0 Å². The second-order valence-electron chi connectivity index (χ2n) is 7.86. The molecule has 10 N–H and O–H groups in total. The zero-order chi connectivity index (χ0) is 26.0. The third-order valence-electron chi connectivity index (χ3n) is 5.16. The van der Waals surface area contributed by atoms with Gasteiger partial charge in [0.2, 0.25) is 29.5 Å². The molecular weight excluding hydrogens is 456 g/mol. The van der Waals surface area contributed by atoms with E-state index >= 15 is 0 Å². The summed E-state index contributed by atoms with van der Waals surface area (Å²) in [5, 5.41) is 22.3. The summed E-state index contributed by atoms with van der Waals surface area (Å²) in [6.07, 6.45) is -1.08. The number of hydrogen-bond donors (Lipinski definition) is 7. The molecule has 1 rings (SSSR count). The fourth-order valence-corrected chi connectivity index (χ4v) is 3.41. The lowest BCUT2D eigenvalue weighted by Gasteiger charge is -2.28. The van der Waals surface area contributed by atoms with E-state index < -0.39 is 84.9 Å². The maximum Gasteiger partial charge on any atom is 0.326 e. The van der Waals surface area contributed by atoms with Crippen LogP contribution in [0.2, 0.25) is 0 Å². The minimum absolute atomic E-state index is 0.0152. The van der Waals surface area contributed by atoms with E-state index in [0.29, 0.717) is 6.42 Å². The number of carboxylic acids is 2. The topological polar surface area (TPSA) is 265 Å². The molecule has 4 unspecified atom stereocenters. The Morgan fingerprint density at radius 2 is 1.56 bits per heavy atom. The highest BCUT2D eigenvalue weighted by Gasteiger charge is 2.38. The smallest absolute Gasteiger partial charge is 0.326 e. The lowest BCUT2D eigenvalue weighted by atomic mass is 10.1. The van der Waals surface area contributed by atoms with Crippen LogP contribution in [0.4, 0.5) is 0 Å². The highest BCUT2D eigenvalue weighted by Crippen LogP contribution is 2.19. The van der Waals surface area contributed by atoms with Crippen LogP contribution in [0.25, 0.3) is 0 Å². The van der Waals surface area contributed by atoms with Gasteiger partial charge in [0.25, 0.3) is 0 Å². The first kappa shape index (κ1) is 28.3. The molecule has 0 bridgehead atoms. The van der Waals surface area contributed by atoms with E-state index in [-0.39, 0.29) is 25.8 Å². The van der Waals surface area contributed by atoms with E-state index in [0.717, 1.165) is 0 Å². The van der Waals surface area contributed by atoms with Crippen LogP contribution in [-0.4, -0.2) is 87.3 Å². The minimum atomic E-state index is -1.58. The van der Waals surface area contributed by atoms with Gasteiger partial charge in [0.05, 0.1) is 12.5 Å². The summed E-state index contributed by atoms with van der Waals surface area (Å²) in [6.45, 7) is 0.199. The number of rotatable bonds is 14. The molecule has 1 fully saturated rings. The lowest BCUT2D eigenvalue weighted by Crippen LogP contribution is -2.57. The summed E-state index contributed by atoms with van der Waals surface area (Å²) in [5.41, 5.74) is 16.0. The van der Waals surface area contributed by atoms with E-state index in [4.69, 9.17) is 22.3 Å². The van der Waals surface area contributed by atoms with Crippen molar-refractivity contribution in [1.82, 2.24) is 15.5 Å². The number of carbonyl (C=O) groups excluding carboxylic acids is 5. The predicted octanol–water partition coefficient (Wildman–Crippen LogP) is -3.64. The van der Waals surface area contributed by atoms with Crippen LogP contribution in [0.15, 0.2) is 0 Å². The van der Waals surface area contributed by atoms with Crippen LogP contribution in [0, 0.1) is 0 Å². The van der Waals surface area contributed by atoms with Gasteiger partial charge in [-0.3, -0.25) is 28.8 Å². The lowest BCUT2D eigenvalue weighted by molar-refractivity contribution is -0.144. The Balaban J connectivity index is 2.90. The molecule has 1 aliphatic rings. The normalized spacial score (nSPS) is 17.8. The third-order valence-corrected chi connectivity index (χ3v) is 5.16. The van der Waals surface area contributed by atoms with Crippen molar-refractivity contribution in [1.29, 1.82) is 0 Å². The number of amides is 5. The second kappa shape index (κ2) is 13.1. The van der Waals surface area contributed by atoms with Crippen molar-refractivity contribution in [2.45, 2.75) is 69.1 Å². The number of primary amides is 2. The first-order valence-corrected chi connectivity index (χ1v) is 10.5. The number of likely N-dealkylation sites (tertiary alicyclic amines) is 1. The highest BCUT2D eigenvalue weighted by molar-refractivity contribution is 5.96.